The lowest BCUT2D eigenvalue weighted by atomic mass is 9.87. The normalized spacial score (nSPS) is 13.1. The fourth-order valence-corrected chi connectivity index (χ4v) is 12.1. The number of rotatable bonds is 20. The minimum Gasteiger partial charge on any atom is -0.491 e. The summed E-state index contributed by atoms with van der Waals surface area (Å²) in [6.45, 7) is 26.2. The number of benzene rings is 4. The van der Waals surface area contributed by atoms with E-state index in [9.17, 15) is 39.6 Å². The Morgan fingerprint density at radius 1 is 0.333 bits per heavy atom. The fraction of sp³-hybridized carbons (Fsp3) is 0.500. The van der Waals surface area contributed by atoms with Crippen LogP contribution < -0.4 is 18.9 Å². The van der Waals surface area contributed by atoms with Crippen LogP contribution >= 0.6 is 47.0 Å². The average Bonchev–Trinajstić information content (AvgIpc) is 3.24. The van der Waals surface area contributed by atoms with Crippen LogP contribution in [0.25, 0.3) is 0 Å². The van der Waals surface area contributed by atoms with Crippen molar-refractivity contribution in [3.63, 3.8) is 0 Å². The second-order valence-electron chi connectivity index (χ2n) is 22.0. The summed E-state index contributed by atoms with van der Waals surface area (Å²) in [5.41, 5.74) is 2.64. The van der Waals surface area contributed by atoms with Gasteiger partial charge in [-0.3, -0.25) is 19.2 Å². The van der Waals surface area contributed by atoms with Gasteiger partial charge in [-0.25, -0.2) is 0 Å². The molecule has 4 N–H and O–H groups in total. The number of fused-ring (bicyclic) bond motifs is 8. The predicted octanol–water partition coefficient (Wildman–Crippen LogP) is 14.8. The van der Waals surface area contributed by atoms with Gasteiger partial charge in [-0.15, -0.1) is 0 Å². The molecule has 0 fully saturated rings. The van der Waals surface area contributed by atoms with Crippen molar-refractivity contribution in [2.75, 3.05) is 26.4 Å². The standard InChI is InChI=1S/C56H72O12S4/c1-53(2,3)33-25-37-49(65-21-13-17-45(57)58)38(26-33)70-40-28-35(55(7,8)9)30-42(51(40)67-23-15-19-47(61)62)72-44-32-36(56(10,11)12)31-43(52(44)68-24-16-20-48(63)64)71-41-29-34(54(4,5)6)27-39(69-37)50(41)66-22-14-18-46(59)60/h25-32H,13-24H2,1-12H3,(H,57,58)(H,59,60)(H,61,62)(H,63,64). The van der Waals surface area contributed by atoms with Crippen LogP contribution in [0.15, 0.2) is 87.7 Å². The molecule has 72 heavy (non-hydrogen) atoms. The molecule has 8 bridgehead atoms. The first-order chi connectivity index (χ1) is 33.5. The molecule has 16 heteroatoms. The molecule has 0 radical (unpaired) electrons. The monoisotopic (exact) mass is 1060 g/mol. The van der Waals surface area contributed by atoms with E-state index in [2.05, 4.69) is 132 Å². The van der Waals surface area contributed by atoms with Gasteiger partial charge in [-0.1, -0.05) is 130 Å². The Hall–Kier alpha value is -4.64. The molecule has 392 valence electrons. The van der Waals surface area contributed by atoms with Gasteiger partial charge >= 0.3 is 23.9 Å². The second-order valence-corrected chi connectivity index (χ2v) is 26.3. The summed E-state index contributed by atoms with van der Waals surface area (Å²) in [6.07, 6.45) is 0.700. The van der Waals surface area contributed by atoms with E-state index < -0.39 is 23.9 Å². The van der Waals surface area contributed by atoms with Crippen molar-refractivity contribution in [2.24, 2.45) is 0 Å². The average molecular weight is 1070 g/mol. The van der Waals surface area contributed by atoms with Crippen LogP contribution in [0.3, 0.4) is 0 Å². The van der Waals surface area contributed by atoms with Crippen LogP contribution in [0.4, 0.5) is 0 Å². The zero-order chi connectivity index (χ0) is 53.3. The Morgan fingerprint density at radius 3 is 0.611 bits per heavy atom. The lowest BCUT2D eigenvalue weighted by Gasteiger charge is -2.28. The van der Waals surface area contributed by atoms with E-state index in [1.807, 2.05) is 0 Å². The van der Waals surface area contributed by atoms with E-state index in [-0.39, 0.29) is 99.5 Å². The van der Waals surface area contributed by atoms with E-state index in [1.165, 1.54) is 47.0 Å². The van der Waals surface area contributed by atoms with Crippen molar-refractivity contribution in [3.8, 4) is 23.0 Å². The number of carboxylic acid groups (broad SMARTS) is 4. The van der Waals surface area contributed by atoms with Crippen molar-refractivity contribution in [2.45, 2.75) is 195 Å². The maximum atomic E-state index is 11.8. The Labute approximate surface area is 442 Å². The molecule has 0 saturated carbocycles. The molecule has 1 aliphatic heterocycles. The molecule has 0 atom stereocenters. The molecule has 4 aromatic rings. The third kappa shape index (κ3) is 16.7. The van der Waals surface area contributed by atoms with E-state index >= 15 is 0 Å². The molecule has 0 saturated heterocycles. The van der Waals surface area contributed by atoms with Gasteiger partial charge in [0.05, 0.1) is 65.6 Å². The maximum Gasteiger partial charge on any atom is 0.303 e. The van der Waals surface area contributed by atoms with E-state index in [0.717, 1.165) is 61.4 Å². The molecule has 1 aliphatic rings. The minimum absolute atomic E-state index is 0.0849. The highest BCUT2D eigenvalue weighted by atomic mass is 32.2. The van der Waals surface area contributed by atoms with Gasteiger partial charge in [0, 0.05) is 25.7 Å². The topological polar surface area (TPSA) is 186 Å². The number of hydrogen-bond donors (Lipinski definition) is 4. The molecule has 12 nitrogen and oxygen atoms in total. The molecule has 0 amide bonds. The summed E-state index contributed by atoms with van der Waals surface area (Å²) in [5, 5.41) is 38.6. The van der Waals surface area contributed by atoms with Gasteiger partial charge in [0.1, 0.15) is 23.0 Å². The van der Waals surface area contributed by atoms with Crippen LogP contribution in [0.5, 0.6) is 23.0 Å². The van der Waals surface area contributed by atoms with E-state index in [1.54, 1.807) is 0 Å². The Bertz CT molecular complexity index is 2160. The SMILES string of the molecule is CC(C)(C)c1cc2c(OCCCC(=O)O)c(c1)Sc1cc(C(C)(C)C)cc(c1OCCCC(=O)O)Sc1cc(C(C)(C)C)cc(c1OCCCC(=O)O)Sc1cc(C(C)(C)C)cc(c1OCCCC(=O)O)S2. The number of aliphatic carboxylic acids is 4. The summed E-state index contributed by atoms with van der Waals surface area (Å²) in [4.78, 5) is 53.2. The minimum atomic E-state index is -0.928. The first-order valence-electron chi connectivity index (χ1n) is 24.3. The van der Waals surface area contributed by atoms with Crippen molar-refractivity contribution < 1.29 is 58.6 Å². The molecule has 0 unspecified atom stereocenters. The Kier molecular flexibility index (Phi) is 19.9. The highest BCUT2D eigenvalue weighted by Gasteiger charge is 2.31. The van der Waals surface area contributed by atoms with Crippen LogP contribution in [0.1, 0.15) is 157 Å². The number of carbonyl (C=O) groups is 4. The summed E-state index contributed by atoms with van der Waals surface area (Å²) < 4.78 is 27.1. The van der Waals surface area contributed by atoms with E-state index in [4.69, 9.17) is 18.9 Å². The van der Waals surface area contributed by atoms with Crippen molar-refractivity contribution in [1.82, 2.24) is 0 Å². The predicted molar refractivity (Wildman–Crippen MR) is 287 cm³/mol. The summed E-state index contributed by atoms with van der Waals surface area (Å²) in [6, 6.07) is 16.9. The highest BCUT2D eigenvalue weighted by Crippen LogP contribution is 2.56. The Balaban J connectivity index is 1.99. The third-order valence-electron chi connectivity index (χ3n) is 11.6. The molecular weight excluding hydrogens is 993 g/mol. The first-order valence-corrected chi connectivity index (χ1v) is 27.6. The molecule has 4 aromatic carbocycles. The highest BCUT2D eigenvalue weighted by molar-refractivity contribution is 8.01. The van der Waals surface area contributed by atoms with Crippen molar-refractivity contribution in [1.29, 1.82) is 0 Å². The van der Waals surface area contributed by atoms with Crippen LogP contribution in [-0.2, 0) is 40.8 Å². The van der Waals surface area contributed by atoms with Gasteiger partial charge in [0.15, 0.2) is 0 Å². The Morgan fingerprint density at radius 2 is 0.486 bits per heavy atom. The molecule has 5 rings (SSSR count). The quantitative estimate of drug-likeness (QED) is 0.0539. The van der Waals surface area contributed by atoms with Crippen molar-refractivity contribution in [3.05, 3.63) is 70.8 Å². The zero-order valence-corrected chi connectivity index (χ0v) is 47.1. The van der Waals surface area contributed by atoms with Gasteiger partial charge in [0.25, 0.3) is 0 Å². The third-order valence-corrected chi connectivity index (χ3v) is 15.7. The van der Waals surface area contributed by atoms with Crippen LogP contribution in [-0.4, -0.2) is 70.7 Å². The fourth-order valence-electron chi connectivity index (χ4n) is 7.28. The lowest BCUT2D eigenvalue weighted by Crippen LogP contribution is -2.14. The molecule has 0 spiro atoms. The summed E-state index contributed by atoms with van der Waals surface area (Å²) in [5.74, 6) is -1.52. The van der Waals surface area contributed by atoms with Gasteiger partial charge < -0.3 is 39.4 Å². The number of hydrogen-bond acceptors (Lipinski definition) is 12. The number of carboxylic acids is 4. The molecular formula is C56H72O12S4. The molecule has 0 aromatic heterocycles. The molecule has 0 aliphatic carbocycles. The largest absolute Gasteiger partial charge is 0.491 e. The van der Waals surface area contributed by atoms with Crippen LogP contribution in [0.2, 0.25) is 0 Å². The molecule has 1 heterocycles. The smallest absolute Gasteiger partial charge is 0.303 e. The van der Waals surface area contributed by atoms with Gasteiger partial charge in [-0.2, -0.15) is 0 Å². The lowest BCUT2D eigenvalue weighted by molar-refractivity contribution is -0.138. The van der Waals surface area contributed by atoms with Gasteiger partial charge in [0.2, 0.25) is 0 Å². The summed E-state index contributed by atoms with van der Waals surface area (Å²) in [7, 11) is 0. The summed E-state index contributed by atoms with van der Waals surface area (Å²) >= 11 is 5.88. The first kappa shape index (κ1) is 58.3. The maximum absolute atomic E-state index is 11.8. The van der Waals surface area contributed by atoms with Gasteiger partial charge in [-0.05, 0) is 118 Å². The van der Waals surface area contributed by atoms with Crippen LogP contribution in [0, 0.1) is 0 Å². The second kappa shape index (κ2) is 24.6. The zero-order valence-electron chi connectivity index (χ0n) is 43.8. The van der Waals surface area contributed by atoms with Crippen molar-refractivity contribution >= 4 is 70.9 Å². The van der Waals surface area contributed by atoms with E-state index in [0.29, 0.717) is 23.0 Å². The number of ether oxygens (including phenoxy) is 4.